The molecule has 0 atom stereocenters. The van der Waals surface area contributed by atoms with Crippen molar-refractivity contribution < 1.29 is 21.5 Å². The van der Waals surface area contributed by atoms with E-state index in [1.54, 1.807) is 0 Å². The maximum absolute atomic E-state index is 2.21. The van der Waals surface area contributed by atoms with Gasteiger partial charge in [-0.15, -0.1) is 0 Å². The maximum Gasteiger partial charge on any atom is 0.243 e. The highest BCUT2D eigenvalue weighted by molar-refractivity contribution is 4.65. The Hall–Kier alpha value is -0.310. The van der Waals surface area contributed by atoms with E-state index in [0.29, 0.717) is 0 Å². The molecule has 72 valence electrons. The van der Waals surface area contributed by atoms with Crippen LogP contribution >= 0.6 is 0 Å². The van der Waals surface area contributed by atoms with Gasteiger partial charge in [0.1, 0.15) is 12.4 Å². The Morgan fingerprint density at radius 2 is 2.08 bits per heavy atom. The van der Waals surface area contributed by atoms with Crippen molar-refractivity contribution in [2.45, 2.75) is 33.7 Å². The molecule has 3 heteroatoms. The van der Waals surface area contributed by atoms with E-state index in [4.69, 9.17) is 0 Å². The number of aromatic nitrogens is 2. The highest BCUT2D eigenvalue weighted by Gasteiger charge is 1.96. The Kier molecular flexibility index (Phi) is 8.71. The zero-order valence-electron chi connectivity index (χ0n) is 7.13. The average Bonchev–Trinajstić information content (AvgIpc) is 2.31. The van der Waals surface area contributed by atoms with Gasteiger partial charge in [-0.2, -0.15) is 0 Å². The molecule has 1 aromatic rings. The van der Waals surface area contributed by atoms with Crippen molar-refractivity contribution in [2.24, 2.45) is 7.05 Å². The molecule has 2 nitrogen and oxygen atoms in total. The highest BCUT2D eigenvalue weighted by atomic mass is 79.9. The van der Waals surface area contributed by atoms with Crippen molar-refractivity contribution >= 4 is 0 Å². The summed E-state index contributed by atoms with van der Waals surface area (Å²) in [6, 6.07) is 0. The van der Waals surface area contributed by atoms with E-state index >= 15 is 0 Å². The van der Waals surface area contributed by atoms with E-state index in [-0.39, 0.29) is 24.4 Å². The lowest BCUT2D eigenvalue weighted by atomic mass is 10.3. The van der Waals surface area contributed by atoms with Crippen molar-refractivity contribution in [1.29, 1.82) is 0 Å². The molecule has 0 saturated carbocycles. The van der Waals surface area contributed by atoms with Crippen molar-refractivity contribution in [1.82, 2.24) is 4.57 Å². The van der Waals surface area contributed by atoms with Crippen LogP contribution in [-0.4, -0.2) is 4.57 Å². The van der Waals surface area contributed by atoms with Crippen molar-refractivity contribution in [3.8, 4) is 0 Å². The van der Waals surface area contributed by atoms with E-state index in [0.717, 1.165) is 6.54 Å². The fourth-order valence-electron chi connectivity index (χ4n) is 0.975. The smallest absolute Gasteiger partial charge is 0.243 e. The van der Waals surface area contributed by atoms with Crippen LogP contribution in [0.15, 0.2) is 18.7 Å². The maximum atomic E-state index is 2.21. The zero-order valence-corrected chi connectivity index (χ0v) is 8.71. The molecule has 0 aromatic carbocycles. The van der Waals surface area contributed by atoms with Crippen LogP contribution in [0.5, 0.6) is 0 Å². The molecule has 0 saturated heterocycles. The topological polar surface area (TPSA) is 8.81 Å². The lowest BCUT2D eigenvalue weighted by molar-refractivity contribution is -0.671. The molecule has 0 aliphatic rings. The van der Waals surface area contributed by atoms with E-state index in [9.17, 15) is 0 Å². The second kappa shape index (κ2) is 7.35. The van der Waals surface area contributed by atoms with E-state index in [1.165, 1.54) is 12.8 Å². The van der Waals surface area contributed by atoms with Gasteiger partial charge >= 0.3 is 0 Å². The van der Waals surface area contributed by atoms with Crippen LogP contribution in [0.1, 0.15) is 27.2 Å². The number of unbranched alkanes of at least 4 members (excludes halogenated alkanes) is 1. The standard InChI is InChI=1S/C8H15N2.CH4.BrH/c1-3-4-5-10-7-6-9(2)8-10;;/h6-8H,3-5H2,1-2H3;1H4;1H/q+1;;/p-1. The van der Waals surface area contributed by atoms with Gasteiger partial charge < -0.3 is 17.0 Å². The van der Waals surface area contributed by atoms with Gasteiger partial charge in [0, 0.05) is 0 Å². The van der Waals surface area contributed by atoms with Crippen LogP contribution < -0.4 is 21.5 Å². The minimum Gasteiger partial charge on any atom is -1.00 e. The first-order chi connectivity index (χ1) is 4.83. The molecule has 12 heavy (non-hydrogen) atoms. The van der Waals surface area contributed by atoms with Gasteiger partial charge in [0.2, 0.25) is 6.33 Å². The molecule has 0 radical (unpaired) electrons. The van der Waals surface area contributed by atoms with Crippen molar-refractivity contribution in [2.75, 3.05) is 0 Å². The number of imidazole rings is 1. The first-order valence-corrected chi connectivity index (χ1v) is 3.84. The molecule has 0 bridgehead atoms. The van der Waals surface area contributed by atoms with Gasteiger partial charge in [0.05, 0.1) is 13.6 Å². The van der Waals surface area contributed by atoms with Gasteiger partial charge in [-0.1, -0.05) is 20.8 Å². The SMILES string of the molecule is C.CCCCn1cc[n+](C)c1.[Br-]. The second-order valence-corrected chi connectivity index (χ2v) is 2.67. The minimum absolute atomic E-state index is 0. The quantitative estimate of drug-likeness (QED) is 0.579. The van der Waals surface area contributed by atoms with Gasteiger partial charge in [-0.25, -0.2) is 9.13 Å². The van der Waals surface area contributed by atoms with Crippen LogP contribution in [-0.2, 0) is 13.6 Å². The summed E-state index contributed by atoms with van der Waals surface area (Å²) in [5, 5.41) is 0. The summed E-state index contributed by atoms with van der Waals surface area (Å²) in [6.45, 7) is 3.36. The predicted octanol–water partition coefficient (Wildman–Crippen LogP) is -1.25. The highest BCUT2D eigenvalue weighted by Crippen LogP contribution is 1.91. The third-order valence-corrected chi connectivity index (χ3v) is 1.59. The first-order valence-electron chi connectivity index (χ1n) is 3.84. The summed E-state index contributed by atoms with van der Waals surface area (Å²) in [6.07, 6.45) is 8.82. The molecular formula is C9H19BrN2. The zero-order chi connectivity index (χ0) is 7.40. The third kappa shape index (κ3) is 4.54. The number of halogens is 1. The molecule has 0 fully saturated rings. The van der Waals surface area contributed by atoms with Crippen molar-refractivity contribution in [3.63, 3.8) is 0 Å². The summed E-state index contributed by atoms with van der Waals surface area (Å²) in [4.78, 5) is 0. The molecule has 0 aliphatic heterocycles. The van der Waals surface area contributed by atoms with E-state index in [2.05, 4.69) is 34.8 Å². The largest absolute Gasteiger partial charge is 1.00 e. The summed E-state index contributed by atoms with van der Waals surface area (Å²) in [5.74, 6) is 0. The van der Waals surface area contributed by atoms with Gasteiger partial charge in [-0.3, -0.25) is 0 Å². The molecule has 1 aromatic heterocycles. The van der Waals surface area contributed by atoms with Crippen molar-refractivity contribution in [3.05, 3.63) is 18.7 Å². The minimum atomic E-state index is 0. The van der Waals surface area contributed by atoms with Crippen LogP contribution in [0.2, 0.25) is 0 Å². The summed E-state index contributed by atoms with van der Waals surface area (Å²) in [5.41, 5.74) is 0. The monoisotopic (exact) mass is 234 g/mol. The van der Waals surface area contributed by atoms with E-state index in [1.807, 2.05) is 7.05 Å². The number of aryl methyl sites for hydroxylation is 2. The van der Waals surface area contributed by atoms with E-state index < -0.39 is 0 Å². The summed E-state index contributed by atoms with van der Waals surface area (Å²) in [7, 11) is 2.04. The molecule has 0 unspecified atom stereocenters. The van der Waals surface area contributed by atoms with Crippen LogP contribution in [0.25, 0.3) is 0 Å². The number of hydrogen-bond donors (Lipinski definition) is 0. The fraction of sp³-hybridized carbons (Fsp3) is 0.667. The predicted molar refractivity (Wildman–Crippen MR) is 47.2 cm³/mol. The number of rotatable bonds is 3. The number of hydrogen-bond acceptors (Lipinski definition) is 0. The lowest BCUT2D eigenvalue weighted by Gasteiger charge is -1.90. The second-order valence-electron chi connectivity index (χ2n) is 2.67. The van der Waals surface area contributed by atoms with Crippen LogP contribution in [0, 0.1) is 0 Å². The Balaban J connectivity index is 0. The normalized spacial score (nSPS) is 8.50. The first kappa shape index (κ1) is 14.2. The Morgan fingerprint density at radius 1 is 1.42 bits per heavy atom. The Labute approximate surface area is 86.0 Å². The van der Waals surface area contributed by atoms with Gasteiger partial charge in [0.15, 0.2) is 0 Å². The fourth-order valence-corrected chi connectivity index (χ4v) is 0.975. The molecule has 0 N–H and O–H groups in total. The molecular weight excluding hydrogens is 216 g/mol. The lowest BCUT2D eigenvalue weighted by Crippen LogP contribution is -3.00. The molecule has 1 rings (SSSR count). The number of nitrogens with zero attached hydrogens (tertiary/aromatic N) is 2. The van der Waals surface area contributed by atoms with Crippen LogP contribution in [0.3, 0.4) is 0 Å². The molecule has 1 heterocycles. The summed E-state index contributed by atoms with van der Waals surface area (Å²) < 4.78 is 4.28. The van der Waals surface area contributed by atoms with Gasteiger partial charge in [-0.05, 0) is 6.42 Å². The Bertz CT molecular complexity index is 196. The molecule has 0 aliphatic carbocycles. The third-order valence-electron chi connectivity index (χ3n) is 1.59. The van der Waals surface area contributed by atoms with Crippen LogP contribution in [0.4, 0.5) is 0 Å². The molecule has 0 amide bonds. The average molecular weight is 235 g/mol. The summed E-state index contributed by atoms with van der Waals surface area (Å²) >= 11 is 0. The Morgan fingerprint density at radius 3 is 2.50 bits per heavy atom. The molecule has 0 spiro atoms. The van der Waals surface area contributed by atoms with Gasteiger partial charge in [0.25, 0.3) is 0 Å².